The number of hydrogen-bond donors (Lipinski definition) is 1. The maximum Gasteiger partial charge on any atom is 0.0294 e. The first-order valence-corrected chi connectivity index (χ1v) is 7.71. The Labute approximate surface area is 119 Å². The Kier molecular flexibility index (Phi) is 6.57. The number of aryl methyl sites for hydroxylation is 1. The van der Waals surface area contributed by atoms with Crippen molar-refractivity contribution in [1.82, 2.24) is 5.32 Å². The minimum Gasteiger partial charge on any atom is -0.307 e. The van der Waals surface area contributed by atoms with Crippen LogP contribution in [0.2, 0.25) is 0 Å². The number of rotatable bonds is 7. The van der Waals surface area contributed by atoms with E-state index in [1.807, 2.05) is 0 Å². The average molecular weight is 261 g/mol. The SMILES string of the molecule is Cc1ccc([C@H](C)NC(CC(C)C)CC(C)C)cc1. The van der Waals surface area contributed by atoms with Crippen molar-refractivity contribution in [3.63, 3.8) is 0 Å². The molecule has 0 aromatic heterocycles. The molecule has 1 rings (SSSR count). The van der Waals surface area contributed by atoms with E-state index in [0.29, 0.717) is 12.1 Å². The molecule has 108 valence electrons. The predicted molar refractivity (Wildman–Crippen MR) is 85.4 cm³/mol. The highest BCUT2D eigenvalue weighted by Gasteiger charge is 2.16. The lowest BCUT2D eigenvalue weighted by atomic mass is 9.94. The lowest BCUT2D eigenvalue weighted by molar-refractivity contribution is 0.335. The Balaban J connectivity index is 2.63. The van der Waals surface area contributed by atoms with E-state index in [-0.39, 0.29) is 0 Å². The molecule has 1 aromatic rings. The fraction of sp³-hybridized carbons (Fsp3) is 0.667. The Morgan fingerprint density at radius 1 is 0.842 bits per heavy atom. The Hall–Kier alpha value is -0.820. The maximum absolute atomic E-state index is 3.82. The average Bonchev–Trinajstić information content (AvgIpc) is 2.27. The third-order valence-corrected chi connectivity index (χ3v) is 3.57. The van der Waals surface area contributed by atoms with Gasteiger partial charge < -0.3 is 5.32 Å². The van der Waals surface area contributed by atoms with Crippen LogP contribution in [0.25, 0.3) is 0 Å². The van der Waals surface area contributed by atoms with Gasteiger partial charge in [-0.3, -0.25) is 0 Å². The third-order valence-electron chi connectivity index (χ3n) is 3.57. The van der Waals surface area contributed by atoms with Gasteiger partial charge in [0.2, 0.25) is 0 Å². The summed E-state index contributed by atoms with van der Waals surface area (Å²) in [5.74, 6) is 1.50. The molecule has 1 N–H and O–H groups in total. The second-order valence-electron chi connectivity index (χ2n) is 6.76. The van der Waals surface area contributed by atoms with Gasteiger partial charge in [0.1, 0.15) is 0 Å². The van der Waals surface area contributed by atoms with Gasteiger partial charge in [-0.2, -0.15) is 0 Å². The molecular formula is C18H31N. The summed E-state index contributed by atoms with van der Waals surface area (Å²) in [4.78, 5) is 0. The van der Waals surface area contributed by atoms with E-state index in [9.17, 15) is 0 Å². The van der Waals surface area contributed by atoms with Crippen molar-refractivity contribution in [2.24, 2.45) is 11.8 Å². The highest BCUT2D eigenvalue weighted by atomic mass is 14.9. The van der Waals surface area contributed by atoms with Crippen LogP contribution in [0.5, 0.6) is 0 Å². The molecule has 0 saturated heterocycles. The lowest BCUT2D eigenvalue weighted by Gasteiger charge is -2.26. The van der Waals surface area contributed by atoms with E-state index in [2.05, 4.69) is 71.1 Å². The van der Waals surface area contributed by atoms with Gasteiger partial charge in [0.15, 0.2) is 0 Å². The fourth-order valence-electron chi connectivity index (χ4n) is 2.68. The summed E-state index contributed by atoms with van der Waals surface area (Å²) in [6, 6.07) is 9.95. The summed E-state index contributed by atoms with van der Waals surface area (Å²) in [6.07, 6.45) is 2.52. The van der Waals surface area contributed by atoms with Crippen molar-refractivity contribution in [2.75, 3.05) is 0 Å². The monoisotopic (exact) mass is 261 g/mol. The van der Waals surface area contributed by atoms with Gasteiger partial charge in [0.25, 0.3) is 0 Å². The molecule has 0 spiro atoms. The molecule has 1 heteroatoms. The molecule has 0 unspecified atom stereocenters. The molecule has 0 aliphatic heterocycles. The van der Waals surface area contributed by atoms with Gasteiger partial charge >= 0.3 is 0 Å². The normalized spacial score (nSPS) is 13.5. The van der Waals surface area contributed by atoms with E-state index in [0.717, 1.165) is 11.8 Å². The van der Waals surface area contributed by atoms with Gasteiger partial charge in [-0.05, 0) is 44.1 Å². The largest absolute Gasteiger partial charge is 0.307 e. The summed E-state index contributed by atoms with van der Waals surface area (Å²) < 4.78 is 0. The van der Waals surface area contributed by atoms with Crippen LogP contribution in [-0.4, -0.2) is 6.04 Å². The fourth-order valence-corrected chi connectivity index (χ4v) is 2.68. The molecule has 0 bridgehead atoms. The van der Waals surface area contributed by atoms with Crippen LogP contribution in [-0.2, 0) is 0 Å². The molecule has 0 fully saturated rings. The Morgan fingerprint density at radius 3 is 1.74 bits per heavy atom. The maximum atomic E-state index is 3.82. The zero-order valence-electron chi connectivity index (χ0n) is 13.5. The first kappa shape index (κ1) is 16.2. The zero-order chi connectivity index (χ0) is 14.4. The smallest absolute Gasteiger partial charge is 0.0294 e. The van der Waals surface area contributed by atoms with Crippen molar-refractivity contribution >= 4 is 0 Å². The van der Waals surface area contributed by atoms with E-state index in [1.165, 1.54) is 24.0 Å². The Bertz CT molecular complexity index is 340. The van der Waals surface area contributed by atoms with E-state index in [1.54, 1.807) is 0 Å². The number of hydrogen-bond acceptors (Lipinski definition) is 1. The van der Waals surface area contributed by atoms with Gasteiger partial charge in [-0.25, -0.2) is 0 Å². The minimum atomic E-state index is 0.433. The van der Waals surface area contributed by atoms with Crippen molar-refractivity contribution in [2.45, 2.75) is 66.5 Å². The Morgan fingerprint density at radius 2 is 1.32 bits per heavy atom. The molecule has 1 atom stereocenters. The van der Waals surface area contributed by atoms with E-state index < -0.39 is 0 Å². The van der Waals surface area contributed by atoms with Crippen LogP contribution >= 0.6 is 0 Å². The quantitative estimate of drug-likeness (QED) is 0.719. The van der Waals surface area contributed by atoms with E-state index >= 15 is 0 Å². The predicted octanol–water partition coefficient (Wildman–Crippen LogP) is 5.11. The molecule has 0 aliphatic carbocycles. The van der Waals surface area contributed by atoms with Crippen LogP contribution in [0.1, 0.15) is 64.6 Å². The lowest BCUT2D eigenvalue weighted by Crippen LogP contribution is -2.33. The molecule has 1 nitrogen and oxygen atoms in total. The second-order valence-corrected chi connectivity index (χ2v) is 6.76. The van der Waals surface area contributed by atoms with Gasteiger partial charge in [0, 0.05) is 12.1 Å². The highest BCUT2D eigenvalue weighted by molar-refractivity contribution is 5.23. The molecule has 0 saturated carbocycles. The summed E-state index contributed by atoms with van der Waals surface area (Å²) >= 11 is 0. The first-order valence-electron chi connectivity index (χ1n) is 7.71. The molecule has 0 heterocycles. The van der Waals surface area contributed by atoms with Crippen LogP contribution in [0.4, 0.5) is 0 Å². The standard InChI is InChI=1S/C18H31N/c1-13(2)11-18(12-14(3)4)19-16(6)17-9-7-15(5)8-10-17/h7-10,13-14,16,18-19H,11-12H2,1-6H3/t16-/m0/s1. The van der Waals surface area contributed by atoms with E-state index in [4.69, 9.17) is 0 Å². The number of nitrogens with one attached hydrogen (secondary N) is 1. The second kappa shape index (κ2) is 7.69. The first-order chi connectivity index (χ1) is 8.88. The highest BCUT2D eigenvalue weighted by Crippen LogP contribution is 2.19. The van der Waals surface area contributed by atoms with Crippen molar-refractivity contribution in [3.05, 3.63) is 35.4 Å². The molecule has 0 aliphatic rings. The van der Waals surface area contributed by atoms with Crippen molar-refractivity contribution in [3.8, 4) is 0 Å². The molecule has 0 radical (unpaired) electrons. The van der Waals surface area contributed by atoms with Gasteiger partial charge in [-0.1, -0.05) is 57.5 Å². The molecule has 19 heavy (non-hydrogen) atoms. The summed E-state index contributed by atoms with van der Waals surface area (Å²) in [6.45, 7) is 13.7. The van der Waals surface area contributed by atoms with Crippen LogP contribution < -0.4 is 5.32 Å². The zero-order valence-corrected chi connectivity index (χ0v) is 13.5. The summed E-state index contributed by atoms with van der Waals surface area (Å²) in [5, 5.41) is 3.82. The molecule has 1 aromatic carbocycles. The number of benzene rings is 1. The molecular weight excluding hydrogens is 230 g/mol. The van der Waals surface area contributed by atoms with Gasteiger partial charge in [0.05, 0.1) is 0 Å². The van der Waals surface area contributed by atoms with Crippen LogP contribution in [0, 0.1) is 18.8 Å². The summed E-state index contributed by atoms with van der Waals surface area (Å²) in [5.41, 5.74) is 2.72. The summed E-state index contributed by atoms with van der Waals surface area (Å²) in [7, 11) is 0. The third kappa shape index (κ3) is 6.24. The molecule has 0 amide bonds. The van der Waals surface area contributed by atoms with Crippen LogP contribution in [0.3, 0.4) is 0 Å². The minimum absolute atomic E-state index is 0.433. The van der Waals surface area contributed by atoms with Crippen molar-refractivity contribution in [1.29, 1.82) is 0 Å². The topological polar surface area (TPSA) is 12.0 Å². The van der Waals surface area contributed by atoms with Crippen LogP contribution in [0.15, 0.2) is 24.3 Å². The van der Waals surface area contributed by atoms with Gasteiger partial charge in [-0.15, -0.1) is 0 Å². The van der Waals surface area contributed by atoms with Crippen molar-refractivity contribution < 1.29 is 0 Å².